The Morgan fingerprint density at radius 1 is 1.38 bits per heavy atom. The lowest BCUT2D eigenvalue weighted by molar-refractivity contribution is 0.780. The third kappa shape index (κ3) is 2.82. The normalized spacial score (nSPS) is 14.5. The highest BCUT2D eigenvalue weighted by Gasteiger charge is 2.19. The zero-order valence-corrected chi connectivity index (χ0v) is 8.90. The van der Waals surface area contributed by atoms with Crippen molar-refractivity contribution in [2.45, 2.75) is 29.9 Å². The second-order valence-corrected chi connectivity index (χ2v) is 4.72. The molecule has 0 aliphatic heterocycles. The van der Waals surface area contributed by atoms with Crippen LogP contribution in [0.1, 0.15) is 20.3 Å². The van der Waals surface area contributed by atoms with Gasteiger partial charge >= 0.3 is 0 Å². The Balaban J connectivity index is 2.75. The van der Waals surface area contributed by atoms with Gasteiger partial charge in [-0.2, -0.15) is 0 Å². The van der Waals surface area contributed by atoms with Crippen LogP contribution in [0, 0.1) is 12.3 Å². The molecule has 0 aliphatic rings. The highest BCUT2D eigenvalue weighted by Crippen LogP contribution is 2.34. The van der Waals surface area contributed by atoms with Gasteiger partial charge in [0.2, 0.25) is 0 Å². The zero-order chi connectivity index (χ0) is 9.73. The number of terminal acetylenes is 1. The summed E-state index contributed by atoms with van der Waals surface area (Å²) in [6, 6.07) is 10.3. The van der Waals surface area contributed by atoms with Gasteiger partial charge in [0, 0.05) is 4.90 Å². The zero-order valence-electron chi connectivity index (χ0n) is 8.08. The lowest BCUT2D eigenvalue weighted by atomic mass is 10.1. The predicted molar refractivity (Wildman–Crippen MR) is 59.8 cm³/mol. The van der Waals surface area contributed by atoms with Crippen LogP contribution < -0.4 is 0 Å². The van der Waals surface area contributed by atoms with Gasteiger partial charge in [0.05, 0.1) is 4.75 Å². The van der Waals surface area contributed by atoms with Gasteiger partial charge in [0.25, 0.3) is 0 Å². The van der Waals surface area contributed by atoms with E-state index < -0.39 is 0 Å². The van der Waals surface area contributed by atoms with Gasteiger partial charge in [-0.15, -0.1) is 18.2 Å². The summed E-state index contributed by atoms with van der Waals surface area (Å²) in [7, 11) is 0. The summed E-state index contributed by atoms with van der Waals surface area (Å²) < 4.78 is -0.0681. The van der Waals surface area contributed by atoms with E-state index in [-0.39, 0.29) is 4.75 Å². The van der Waals surface area contributed by atoms with Crippen molar-refractivity contribution in [3.8, 4) is 12.3 Å². The molecule has 0 amide bonds. The Bertz CT molecular complexity index is 297. The number of hydrogen-bond donors (Lipinski definition) is 0. The summed E-state index contributed by atoms with van der Waals surface area (Å²) in [5, 5.41) is 0. The Morgan fingerprint density at radius 3 is 2.46 bits per heavy atom. The highest BCUT2D eigenvalue weighted by molar-refractivity contribution is 8.01. The van der Waals surface area contributed by atoms with E-state index in [9.17, 15) is 0 Å². The van der Waals surface area contributed by atoms with E-state index in [2.05, 4.69) is 31.9 Å². The molecule has 68 valence electrons. The van der Waals surface area contributed by atoms with Crippen molar-refractivity contribution in [2.75, 3.05) is 0 Å². The summed E-state index contributed by atoms with van der Waals surface area (Å²) >= 11 is 1.75. The number of rotatable bonds is 3. The van der Waals surface area contributed by atoms with Crippen molar-refractivity contribution in [1.29, 1.82) is 0 Å². The maximum atomic E-state index is 5.49. The summed E-state index contributed by atoms with van der Waals surface area (Å²) in [5.41, 5.74) is 0. The van der Waals surface area contributed by atoms with Crippen molar-refractivity contribution >= 4 is 11.8 Å². The maximum absolute atomic E-state index is 5.49. The van der Waals surface area contributed by atoms with Crippen molar-refractivity contribution in [1.82, 2.24) is 0 Å². The monoisotopic (exact) mass is 190 g/mol. The van der Waals surface area contributed by atoms with Gasteiger partial charge in [-0.25, -0.2) is 0 Å². The molecule has 0 N–H and O–H groups in total. The molecular formula is C12H14S. The van der Waals surface area contributed by atoms with Crippen LogP contribution in [-0.4, -0.2) is 4.75 Å². The molecule has 0 heterocycles. The van der Waals surface area contributed by atoms with E-state index in [4.69, 9.17) is 6.42 Å². The maximum Gasteiger partial charge on any atom is 0.0778 e. The molecule has 0 spiro atoms. The Morgan fingerprint density at radius 2 is 2.00 bits per heavy atom. The molecule has 0 radical (unpaired) electrons. The fraction of sp³-hybridized carbons (Fsp3) is 0.333. The van der Waals surface area contributed by atoms with Crippen LogP contribution >= 0.6 is 11.8 Å². The highest BCUT2D eigenvalue weighted by atomic mass is 32.2. The third-order valence-electron chi connectivity index (χ3n) is 2.07. The third-order valence-corrected chi connectivity index (χ3v) is 3.43. The van der Waals surface area contributed by atoms with Gasteiger partial charge in [-0.05, 0) is 25.5 Å². The van der Waals surface area contributed by atoms with Crippen LogP contribution in [0.3, 0.4) is 0 Å². The predicted octanol–water partition coefficient (Wildman–Crippen LogP) is 3.58. The molecule has 0 aromatic heterocycles. The van der Waals surface area contributed by atoms with Gasteiger partial charge in [0.1, 0.15) is 0 Å². The lowest BCUT2D eigenvalue weighted by Crippen LogP contribution is -2.14. The average Bonchev–Trinajstić information content (AvgIpc) is 2.19. The molecule has 0 nitrogen and oxygen atoms in total. The molecular weight excluding hydrogens is 176 g/mol. The van der Waals surface area contributed by atoms with Gasteiger partial charge in [-0.1, -0.05) is 31.0 Å². The summed E-state index contributed by atoms with van der Waals surface area (Å²) in [4.78, 5) is 1.24. The van der Waals surface area contributed by atoms with E-state index >= 15 is 0 Å². The fourth-order valence-electron chi connectivity index (χ4n) is 0.952. The van der Waals surface area contributed by atoms with Crippen LogP contribution in [0.15, 0.2) is 35.2 Å². The second kappa shape index (κ2) is 4.39. The van der Waals surface area contributed by atoms with Gasteiger partial charge < -0.3 is 0 Å². The molecule has 1 rings (SSSR count). The molecule has 1 unspecified atom stereocenters. The van der Waals surface area contributed by atoms with E-state index in [1.807, 2.05) is 18.2 Å². The first-order valence-corrected chi connectivity index (χ1v) is 5.23. The van der Waals surface area contributed by atoms with E-state index in [1.54, 1.807) is 11.8 Å². The molecule has 0 saturated carbocycles. The molecule has 1 aromatic carbocycles. The average molecular weight is 190 g/mol. The minimum absolute atomic E-state index is 0.0681. The van der Waals surface area contributed by atoms with Gasteiger partial charge in [-0.3, -0.25) is 0 Å². The van der Waals surface area contributed by atoms with E-state index in [1.165, 1.54) is 4.90 Å². The molecule has 0 aliphatic carbocycles. The topological polar surface area (TPSA) is 0 Å². The summed E-state index contributed by atoms with van der Waals surface area (Å²) in [5.74, 6) is 2.84. The summed E-state index contributed by atoms with van der Waals surface area (Å²) in [6.07, 6.45) is 6.48. The molecule has 0 saturated heterocycles. The molecule has 1 atom stereocenters. The minimum atomic E-state index is -0.0681. The fourth-order valence-corrected chi connectivity index (χ4v) is 1.97. The molecule has 13 heavy (non-hydrogen) atoms. The first kappa shape index (κ1) is 10.2. The molecule has 1 aromatic rings. The van der Waals surface area contributed by atoms with Gasteiger partial charge in [0.15, 0.2) is 0 Å². The summed E-state index contributed by atoms with van der Waals surface area (Å²) in [6.45, 7) is 4.22. The number of thioether (sulfide) groups is 1. The number of hydrogen-bond acceptors (Lipinski definition) is 1. The first-order chi connectivity index (χ1) is 6.20. The molecule has 1 heteroatoms. The Kier molecular flexibility index (Phi) is 3.45. The van der Waals surface area contributed by atoms with Crippen molar-refractivity contribution in [2.24, 2.45) is 0 Å². The first-order valence-electron chi connectivity index (χ1n) is 4.42. The smallest absolute Gasteiger partial charge is 0.0778 e. The minimum Gasteiger partial charge on any atom is -0.119 e. The Hall–Kier alpha value is -0.870. The van der Waals surface area contributed by atoms with Crippen LogP contribution in [0.5, 0.6) is 0 Å². The number of benzene rings is 1. The largest absolute Gasteiger partial charge is 0.119 e. The Labute approximate surface area is 84.7 Å². The second-order valence-electron chi connectivity index (χ2n) is 3.14. The lowest BCUT2D eigenvalue weighted by Gasteiger charge is -2.20. The standard InChI is InChI=1S/C12H14S/c1-4-12(3,5-2)13-11-9-7-6-8-10-11/h1,6-10H,5H2,2-3H3. The molecule has 0 bridgehead atoms. The SMILES string of the molecule is C#CC(C)(CC)Sc1ccccc1. The van der Waals surface area contributed by atoms with Crippen LogP contribution in [-0.2, 0) is 0 Å². The van der Waals surface area contributed by atoms with Crippen LogP contribution in [0.4, 0.5) is 0 Å². The van der Waals surface area contributed by atoms with Crippen molar-refractivity contribution < 1.29 is 0 Å². The quantitative estimate of drug-likeness (QED) is 0.518. The molecule has 0 fully saturated rings. The van der Waals surface area contributed by atoms with Crippen LogP contribution in [0.25, 0.3) is 0 Å². The van der Waals surface area contributed by atoms with E-state index in [0.717, 1.165) is 6.42 Å². The van der Waals surface area contributed by atoms with Crippen molar-refractivity contribution in [3.63, 3.8) is 0 Å². The van der Waals surface area contributed by atoms with E-state index in [0.29, 0.717) is 0 Å². The van der Waals surface area contributed by atoms with Crippen molar-refractivity contribution in [3.05, 3.63) is 30.3 Å². The van der Waals surface area contributed by atoms with Crippen LogP contribution in [0.2, 0.25) is 0 Å².